The topological polar surface area (TPSA) is 0 Å². The molecule has 284 valence electrons. The second-order valence-corrected chi connectivity index (χ2v) is 14.6. The van der Waals surface area contributed by atoms with E-state index in [2.05, 4.69) is 55.4 Å². The highest BCUT2D eigenvalue weighted by molar-refractivity contribution is 4.84. The van der Waals surface area contributed by atoms with Crippen molar-refractivity contribution in [1.29, 1.82) is 0 Å². The number of halogens is 16. The van der Waals surface area contributed by atoms with E-state index in [0.717, 1.165) is 27.7 Å². The maximum Gasteiger partial charge on any atom is 0.421 e. The van der Waals surface area contributed by atoms with Crippen LogP contribution in [0.3, 0.4) is 0 Å². The molecule has 0 aromatic rings. The second kappa shape index (κ2) is 21.7. The Labute approximate surface area is 260 Å². The third kappa shape index (κ3) is 70.5. The van der Waals surface area contributed by atoms with Crippen molar-refractivity contribution in [2.24, 2.45) is 22.2 Å². The molecule has 0 fully saturated rings. The first-order valence-corrected chi connectivity index (χ1v) is 13.4. The van der Waals surface area contributed by atoms with Gasteiger partial charge >= 0.3 is 24.7 Å². The van der Waals surface area contributed by atoms with Crippen LogP contribution in [-0.2, 0) is 0 Å². The summed E-state index contributed by atoms with van der Waals surface area (Å²) in [6, 6.07) is 0. The molecule has 0 aliphatic rings. The Hall–Kier alpha value is -1.12. The summed E-state index contributed by atoms with van der Waals surface area (Å²) in [5.74, 6) is -3.70. The highest BCUT2D eigenvalue weighted by Crippen LogP contribution is 2.49. The predicted molar refractivity (Wildman–Crippen MR) is 151 cm³/mol. The fourth-order valence-electron chi connectivity index (χ4n) is 0.161. The Kier molecular flexibility index (Phi) is 28.6. The molecule has 0 unspecified atom stereocenters. The zero-order valence-corrected chi connectivity index (χ0v) is 29.7. The van der Waals surface area contributed by atoms with Crippen molar-refractivity contribution < 1.29 is 70.2 Å². The SMILES string of the molecule is CC(C)(C(F)(F)F)C(F)(F)F.CC(C)(C)C.CC(C)(C)C.CC(C)(F)C(F)(F)F.CC(C)(F)F.CC(C)C(F)(F)F.CC(C)F. The van der Waals surface area contributed by atoms with Gasteiger partial charge in [0.1, 0.15) is 0 Å². The van der Waals surface area contributed by atoms with Crippen LogP contribution in [0.5, 0.6) is 0 Å². The maximum absolute atomic E-state index is 11.8. The van der Waals surface area contributed by atoms with Gasteiger partial charge in [-0.25, -0.2) is 17.6 Å². The second-order valence-electron chi connectivity index (χ2n) is 14.6. The molecule has 45 heavy (non-hydrogen) atoms. The highest BCUT2D eigenvalue weighted by atomic mass is 19.4. The molecule has 0 aliphatic heterocycles. The fraction of sp³-hybridized carbons (Fsp3) is 1.00. The molecule has 0 saturated heterocycles. The van der Waals surface area contributed by atoms with Gasteiger partial charge in [-0.15, -0.1) is 0 Å². The van der Waals surface area contributed by atoms with Crippen LogP contribution in [0.1, 0.15) is 125 Å². The van der Waals surface area contributed by atoms with Gasteiger partial charge in [-0.2, -0.15) is 52.7 Å². The molecule has 0 aromatic heterocycles. The third-order valence-corrected chi connectivity index (χ3v) is 2.75. The minimum Gasteiger partial charge on any atom is -0.248 e. The summed E-state index contributed by atoms with van der Waals surface area (Å²) in [6.07, 6.45) is -19.9. The van der Waals surface area contributed by atoms with E-state index >= 15 is 0 Å². The average Bonchev–Trinajstić information content (AvgIpc) is 2.52. The van der Waals surface area contributed by atoms with E-state index in [4.69, 9.17) is 0 Å². The molecule has 0 aliphatic carbocycles. The van der Waals surface area contributed by atoms with Gasteiger partial charge in [0.05, 0.1) is 6.17 Å². The van der Waals surface area contributed by atoms with Crippen molar-refractivity contribution in [3.05, 3.63) is 0 Å². The molecule has 0 heterocycles. The molecule has 0 saturated carbocycles. The van der Waals surface area contributed by atoms with Crippen LogP contribution in [0.2, 0.25) is 0 Å². The van der Waals surface area contributed by atoms with Crippen molar-refractivity contribution in [3.8, 4) is 0 Å². The van der Waals surface area contributed by atoms with E-state index in [1.54, 1.807) is 0 Å². The number of rotatable bonds is 0. The monoisotopic (exact) mass is 708 g/mol. The summed E-state index contributed by atoms with van der Waals surface area (Å²) in [5.41, 5.74) is -5.69. The molecular weight excluding hydrogens is 652 g/mol. The van der Waals surface area contributed by atoms with Crippen LogP contribution in [-0.4, -0.2) is 42.5 Å². The van der Waals surface area contributed by atoms with E-state index in [0.29, 0.717) is 24.7 Å². The van der Waals surface area contributed by atoms with Gasteiger partial charge in [-0.3, -0.25) is 0 Å². The molecule has 0 amide bonds. The molecule has 0 radical (unpaired) electrons. The molecule has 16 heteroatoms. The lowest BCUT2D eigenvalue weighted by atomic mass is 9.92. The van der Waals surface area contributed by atoms with E-state index in [1.807, 2.05) is 0 Å². The quantitative estimate of drug-likeness (QED) is 0.220. The molecule has 0 nitrogen and oxygen atoms in total. The minimum atomic E-state index is -5.24. The molecule has 0 N–H and O–H groups in total. The molecular formula is C29H56F16. The van der Waals surface area contributed by atoms with Gasteiger partial charge in [0.25, 0.3) is 0 Å². The summed E-state index contributed by atoms with van der Waals surface area (Å²) in [4.78, 5) is 0. The zero-order chi connectivity index (χ0) is 39.7. The lowest BCUT2D eigenvalue weighted by Gasteiger charge is -2.29. The van der Waals surface area contributed by atoms with Crippen molar-refractivity contribution >= 4 is 0 Å². The minimum absolute atomic E-state index is 0.104. The van der Waals surface area contributed by atoms with Gasteiger partial charge in [-0.05, 0) is 66.2 Å². The van der Waals surface area contributed by atoms with E-state index in [1.165, 1.54) is 13.8 Å². The summed E-state index contributed by atoms with van der Waals surface area (Å²) in [7, 11) is 0. The summed E-state index contributed by atoms with van der Waals surface area (Å²) in [6.45, 7) is 25.6. The van der Waals surface area contributed by atoms with Crippen LogP contribution in [0.4, 0.5) is 70.2 Å². The van der Waals surface area contributed by atoms with Gasteiger partial charge in [0.2, 0.25) is 5.92 Å². The first-order chi connectivity index (χ1) is 18.4. The van der Waals surface area contributed by atoms with Gasteiger partial charge in [0.15, 0.2) is 11.1 Å². The molecule has 0 spiro atoms. The van der Waals surface area contributed by atoms with Crippen molar-refractivity contribution in [3.63, 3.8) is 0 Å². The van der Waals surface area contributed by atoms with Gasteiger partial charge in [-0.1, -0.05) is 69.2 Å². The lowest BCUT2D eigenvalue weighted by molar-refractivity contribution is -0.327. The lowest BCUT2D eigenvalue weighted by Crippen LogP contribution is -2.44. The zero-order valence-electron chi connectivity index (χ0n) is 29.7. The summed E-state index contributed by atoms with van der Waals surface area (Å²) >= 11 is 0. The smallest absolute Gasteiger partial charge is 0.248 e. The number of hydrogen-bond acceptors (Lipinski definition) is 0. The Balaban J connectivity index is -0.0000000771. The standard InChI is InChI=1S/C5H6F6.2C5H12.C4H6F4.C4H7F3.C3H6F2.C3H7F/c1-3(2,4(6,7)8)5(9,10)11;2*1-5(2,3)4;1-3(2,5)4(6,7)8;1-3(2)4(5,6)7;1-3(2,4)5;1-3(2)4/h1-2H3;2*1-4H3;1-2H3;3H,1-2H3;1-2H3;3H,1-2H3. The van der Waals surface area contributed by atoms with Crippen molar-refractivity contribution in [2.75, 3.05) is 0 Å². The normalized spacial score (nSPS) is 13.1. The number of hydrogen-bond donors (Lipinski definition) is 0. The van der Waals surface area contributed by atoms with Crippen molar-refractivity contribution in [2.45, 2.75) is 167 Å². The van der Waals surface area contributed by atoms with E-state index in [-0.39, 0.29) is 13.8 Å². The van der Waals surface area contributed by atoms with Crippen molar-refractivity contribution in [1.82, 2.24) is 0 Å². The fourth-order valence-corrected chi connectivity index (χ4v) is 0.161. The van der Waals surface area contributed by atoms with E-state index < -0.39 is 53.8 Å². The summed E-state index contributed by atoms with van der Waals surface area (Å²) < 4.78 is 182. The highest BCUT2D eigenvalue weighted by Gasteiger charge is 2.64. The van der Waals surface area contributed by atoms with Crippen LogP contribution < -0.4 is 0 Å². The van der Waals surface area contributed by atoms with Crippen LogP contribution in [0, 0.1) is 22.2 Å². The Morgan fingerprint density at radius 2 is 0.444 bits per heavy atom. The van der Waals surface area contributed by atoms with E-state index in [9.17, 15) is 70.2 Å². The average molecular weight is 709 g/mol. The molecule has 0 aromatic carbocycles. The Morgan fingerprint density at radius 3 is 0.444 bits per heavy atom. The predicted octanol–water partition coefficient (Wildman–Crippen LogP) is 14.8. The number of alkyl halides is 16. The molecule has 0 bridgehead atoms. The third-order valence-electron chi connectivity index (χ3n) is 2.75. The Morgan fingerprint density at radius 1 is 0.356 bits per heavy atom. The van der Waals surface area contributed by atoms with Gasteiger partial charge in [0, 0.05) is 5.92 Å². The molecule has 0 atom stereocenters. The van der Waals surface area contributed by atoms with Crippen LogP contribution >= 0.6 is 0 Å². The first kappa shape index (κ1) is 59.3. The molecule has 0 rings (SSSR count). The van der Waals surface area contributed by atoms with Crippen LogP contribution in [0.15, 0.2) is 0 Å². The largest absolute Gasteiger partial charge is 0.421 e. The van der Waals surface area contributed by atoms with Crippen LogP contribution in [0.25, 0.3) is 0 Å². The summed E-state index contributed by atoms with van der Waals surface area (Å²) in [5, 5.41) is 0. The first-order valence-electron chi connectivity index (χ1n) is 13.4. The maximum atomic E-state index is 11.8. The van der Waals surface area contributed by atoms with Gasteiger partial charge < -0.3 is 0 Å². The Bertz CT molecular complexity index is 590.